The van der Waals surface area contributed by atoms with Gasteiger partial charge in [-0.25, -0.2) is 4.98 Å². The molecule has 1 aromatic carbocycles. The zero-order valence-electron chi connectivity index (χ0n) is 11.2. The van der Waals surface area contributed by atoms with Crippen molar-refractivity contribution >= 4 is 5.69 Å². The van der Waals surface area contributed by atoms with Crippen molar-refractivity contribution in [2.45, 2.75) is 32.2 Å². The normalized spacial score (nSPS) is 14.2. The van der Waals surface area contributed by atoms with E-state index in [2.05, 4.69) is 9.55 Å². The van der Waals surface area contributed by atoms with Crippen molar-refractivity contribution in [1.29, 1.82) is 0 Å². The van der Waals surface area contributed by atoms with Crippen molar-refractivity contribution in [3.63, 3.8) is 0 Å². The van der Waals surface area contributed by atoms with Crippen LogP contribution in [0.1, 0.15) is 29.8 Å². The molecule has 3 rings (SSSR count). The van der Waals surface area contributed by atoms with E-state index in [4.69, 9.17) is 10.5 Å². The van der Waals surface area contributed by atoms with E-state index in [0.29, 0.717) is 0 Å². The molecule has 4 heteroatoms. The van der Waals surface area contributed by atoms with E-state index in [9.17, 15) is 0 Å². The van der Waals surface area contributed by atoms with Crippen LogP contribution in [0.15, 0.2) is 24.5 Å². The van der Waals surface area contributed by atoms with Crippen LogP contribution in [0, 0.1) is 0 Å². The number of methoxy groups -OCH3 is 1. The molecule has 2 aromatic rings. The van der Waals surface area contributed by atoms with Crippen LogP contribution in [0.25, 0.3) is 0 Å². The molecule has 0 radical (unpaired) electrons. The average Bonchev–Trinajstić information content (AvgIpc) is 2.82. The molecule has 0 saturated heterocycles. The number of nitrogens with zero attached hydrogens (tertiary/aromatic N) is 2. The lowest BCUT2D eigenvalue weighted by molar-refractivity contribution is 0.414. The minimum absolute atomic E-state index is 0.739. The molecule has 4 nitrogen and oxygen atoms in total. The summed E-state index contributed by atoms with van der Waals surface area (Å²) < 4.78 is 7.50. The number of aryl methyl sites for hydroxylation is 1. The van der Waals surface area contributed by atoms with Crippen molar-refractivity contribution < 1.29 is 4.74 Å². The largest absolute Gasteiger partial charge is 0.497 e. The summed E-state index contributed by atoms with van der Waals surface area (Å²) >= 11 is 0. The Morgan fingerprint density at radius 1 is 1.26 bits per heavy atom. The molecule has 0 amide bonds. The Morgan fingerprint density at radius 2 is 2.11 bits per heavy atom. The number of imidazole rings is 1. The van der Waals surface area contributed by atoms with Gasteiger partial charge >= 0.3 is 0 Å². The van der Waals surface area contributed by atoms with Crippen LogP contribution in [-0.2, 0) is 19.4 Å². The number of nitrogens with two attached hydrogens (primary N) is 1. The molecule has 1 aliphatic carbocycles. The maximum atomic E-state index is 5.90. The molecule has 1 heterocycles. The van der Waals surface area contributed by atoms with Gasteiger partial charge < -0.3 is 15.0 Å². The van der Waals surface area contributed by atoms with E-state index in [1.54, 1.807) is 7.11 Å². The topological polar surface area (TPSA) is 53.1 Å². The van der Waals surface area contributed by atoms with Crippen molar-refractivity contribution in [1.82, 2.24) is 9.55 Å². The molecule has 0 bridgehead atoms. The predicted octanol–water partition coefficient (Wildman–Crippen LogP) is 2.40. The predicted molar refractivity (Wildman–Crippen MR) is 75.4 cm³/mol. The zero-order chi connectivity index (χ0) is 13.2. The molecule has 0 spiro atoms. The van der Waals surface area contributed by atoms with E-state index in [-0.39, 0.29) is 0 Å². The Morgan fingerprint density at radius 3 is 2.95 bits per heavy atom. The van der Waals surface area contributed by atoms with Gasteiger partial charge in [0.25, 0.3) is 0 Å². The van der Waals surface area contributed by atoms with Crippen LogP contribution in [0.5, 0.6) is 5.75 Å². The lowest BCUT2D eigenvalue weighted by Gasteiger charge is -2.14. The summed E-state index contributed by atoms with van der Waals surface area (Å²) in [5.41, 5.74) is 10.4. The Balaban J connectivity index is 1.89. The molecule has 0 saturated carbocycles. The van der Waals surface area contributed by atoms with Crippen LogP contribution in [0.4, 0.5) is 5.69 Å². The Kier molecular flexibility index (Phi) is 3.15. The molecule has 0 fully saturated rings. The first-order chi connectivity index (χ1) is 9.26. The summed E-state index contributed by atoms with van der Waals surface area (Å²) in [7, 11) is 1.66. The summed E-state index contributed by atoms with van der Waals surface area (Å²) in [6.07, 6.45) is 6.72. The third-order valence-corrected chi connectivity index (χ3v) is 3.69. The summed E-state index contributed by atoms with van der Waals surface area (Å²) in [6, 6.07) is 5.87. The minimum atomic E-state index is 0.739. The van der Waals surface area contributed by atoms with Crippen LogP contribution < -0.4 is 10.5 Å². The van der Waals surface area contributed by atoms with Gasteiger partial charge in [-0.15, -0.1) is 0 Å². The fourth-order valence-corrected chi connectivity index (χ4v) is 2.76. The van der Waals surface area contributed by atoms with E-state index in [1.807, 2.05) is 24.5 Å². The minimum Gasteiger partial charge on any atom is -0.497 e. The molecular formula is C15H19N3O. The lowest BCUT2D eigenvalue weighted by atomic mass is 10.0. The van der Waals surface area contributed by atoms with Crippen LogP contribution >= 0.6 is 0 Å². The quantitative estimate of drug-likeness (QED) is 0.859. The van der Waals surface area contributed by atoms with Gasteiger partial charge in [-0.2, -0.15) is 0 Å². The van der Waals surface area contributed by atoms with Gasteiger partial charge in [0.05, 0.1) is 19.1 Å². The highest BCUT2D eigenvalue weighted by atomic mass is 16.5. The Bertz CT molecular complexity index is 589. The molecule has 0 atom stereocenters. The monoisotopic (exact) mass is 257 g/mol. The molecule has 0 aliphatic heterocycles. The van der Waals surface area contributed by atoms with Crippen LogP contribution in [-0.4, -0.2) is 16.7 Å². The molecule has 100 valence electrons. The number of aromatic nitrogens is 2. The van der Waals surface area contributed by atoms with E-state index >= 15 is 0 Å². The van der Waals surface area contributed by atoms with Gasteiger partial charge in [0.2, 0.25) is 0 Å². The highest BCUT2D eigenvalue weighted by Crippen LogP contribution is 2.23. The Labute approximate surface area is 113 Å². The number of ether oxygens (including phenoxy) is 1. The SMILES string of the molecule is COc1cc(N)cc(Cn2cnc3c2CCCC3)c1. The maximum Gasteiger partial charge on any atom is 0.121 e. The average molecular weight is 257 g/mol. The highest BCUT2D eigenvalue weighted by Gasteiger charge is 2.15. The number of rotatable bonds is 3. The van der Waals surface area contributed by atoms with Gasteiger partial charge in [-0.1, -0.05) is 0 Å². The first-order valence-electron chi connectivity index (χ1n) is 6.72. The molecule has 1 aromatic heterocycles. The number of nitrogen functional groups attached to an aromatic ring is 1. The van der Waals surface area contributed by atoms with E-state index in [0.717, 1.165) is 36.4 Å². The van der Waals surface area contributed by atoms with Crippen LogP contribution in [0.2, 0.25) is 0 Å². The first kappa shape index (κ1) is 12.1. The lowest BCUT2D eigenvalue weighted by Crippen LogP contribution is -2.09. The van der Waals surface area contributed by atoms with E-state index in [1.165, 1.54) is 24.2 Å². The van der Waals surface area contributed by atoms with Gasteiger partial charge in [0.15, 0.2) is 0 Å². The fourth-order valence-electron chi connectivity index (χ4n) is 2.76. The van der Waals surface area contributed by atoms with Crippen molar-refractivity contribution in [3.8, 4) is 5.75 Å². The number of fused-ring (bicyclic) bond motifs is 1. The zero-order valence-corrected chi connectivity index (χ0v) is 11.2. The molecule has 1 aliphatic rings. The standard InChI is InChI=1S/C15H19N3O/c1-19-13-7-11(6-12(16)8-13)9-18-10-17-14-4-2-3-5-15(14)18/h6-8,10H,2-5,9,16H2,1H3. The highest BCUT2D eigenvalue weighted by molar-refractivity contribution is 5.47. The Hall–Kier alpha value is -1.97. The third-order valence-electron chi connectivity index (χ3n) is 3.69. The number of hydrogen-bond donors (Lipinski definition) is 1. The molecule has 2 N–H and O–H groups in total. The van der Waals surface area contributed by atoms with Crippen molar-refractivity contribution in [2.75, 3.05) is 12.8 Å². The molecular weight excluding hydrogens is 238 g/mol. The smallest absolute Gasteiger partial charge is 0.121 e. The second-order valence-electron chi connectivity index (χ2n) is 5.09. The second-order valence-corrected chi connectivity index (χ2v) is 5.09. The maximum absolute atomic E-state index is 5.90. The summed E-state index contributed by atoms with van der Waals surface area (Å²) in [5.74, 6) is 0.809. The van der Waals surface area contributed by atoms with Gasteiger partial charge in [0.1, 0.15) is 5.75 Å². The third kappa shape index (κ3) is 2.43. The van der Waals surface area contributed by atoms with Crippen molar-refractivity contribution in [3.05, 3.63) is 41.5 Å². The summed E-state index contributed by atoms with van der Waals surface area (Å²) in [5, 5.41) is 0. The van der Waals surface area contributed by atoms with Crippen molar-refractivity contribution in [2.24, 2.45) is 0 Å². The first-order valence-corrected chi connectivity index (χ1v) is 6.72. The van der Waals surface area contributed by atoms with Gasteiger partial charge in [-0.05, 0) is 43.4 Å². The fraction of sp³-hybridized carbons (Fsp3) is 0.400. The summed E-state index contributed by atoms with van der Waals surface area (Å²) in [4.78, 5) is 4.52. The number of hydrogen-bond acceptors (Lipinski definition) is 3. The second kappa shape index (κ2) is 4.96. The van der Waals surface area contributed by atoms with Gasteiger partial charge in [0, 0.05) is 24.0 Å². The van der Waals surface area contributed by atoms with E-state index < -0.39 is 0 Å². The number of anilines is 1. The number of benzene rings is 1. The molecule has 0 unspecified atom stereocenters. The molecule has 19 heavy (non-hydrogen) atoms. The van der Waals surface area contributed by atoms with Gasteiger partial charge in [-0.3, -0.25) is 0 Å². The summed E-state index contributed by atoms with van der Waals surface area (Å²) in [6.45, 7) is 0.809. The van der Waals surface area contributed by atoms with Crippen LogP contribution in [0.3, 0.4) is 0 Å².